The summed E-state index contributed by atoms with van der Waals surface area (Å²) in [7, 11) is 3.97. The molecule has 0 aliphatic heterocycles. The first-order valence-electron chi connectivity index (χ1n) is 7.14. The van der Waals surface area contributed by atoms with Crippen LogP contribution in [0, 0.1) is 0 Å². The molecular weight excluding hydrogens is 276 g/mol. The van der Waals surface area contributed by atoms with E-state index in [1.54, 1.807) is 4.68 Å². The van der Waals surface area contributed by atoms with Crippen molar-refractivity contribution in [3.05, 3.63) is 16.9 Å². The minimum atomic E-state index is -0.766. The molecule has 1 saturated carbocycles. The fourth-order valence-electron chi connectivity index (χ4n) is 2.70. The van der Waals surface area contributed by atoms with Crippen LogP contribution in [0.2, 0.25) is 5.02 Å². The number of rotatable bonds is 5. The van der Waals surface area contributed by atoms with Gasteiger partial charge in [-0.15, -0.1) is 0 Å². The number of nitrogens with two attached hydrogens (primary N) is 1. The van der Waals surface area contributed by atoms with Gasteiger partial charge in [0.25, 0.3) is 0 Å². The third-order valence-corrected chi connectivity index (χ3v) is 4.24. The maximum Gasteiger partial charge on any atom is 0.202 e. The van der Waals surface area contributed by atoms with Gasteiger partial charge in [0, 0.05) is 6.54 Å². The molecule has 0 atom stereocenters. The van der Waals surface area contributed by atoms with Crippen LogP contribution in [0.15, 0.2) is 6.20 Å². The Bertz CT molecular complexity index is 478. The fourth-order valence-corrected chi connectivity index (χ4v) is 2.93. The van der Waals surface area contributed by atoms with E-state index in [-0.39, 0.29) is 5.78 Å². The van der Waals surface area contributed by atoms with Crippen molar-refractivity contribution in [2.75, 3.05) is 20.6 Å². The van der Waals surface area contributed by atoms with E-state index in [0.717, 1.165) is 38.6 Å². The molecule has 0 amide bonds. The monoisotopic (exact) mass is 298 g/mol. The molecular formula is C14H23ClN4O. The van der Waals surface area contributed by atoms with Gasteiger partial charge in [-0.3, -0.25) is 9.48 Å². The van der Waals surface area contributed by atoms with Gasteiger partial charge in [0.1, 0.15) is 5.69 Å². The highest BCUT2D eigenvalue weighted by molar-refractivity contribution is 6.34. The zero-order valence-corrected chi connectivity index (χ0v) is 13.0. The van der Waals surface area contributed by atoms with Crippen LogP contribution in [-0.2, 0) is 6.54 Å². The summed E-state index contributed by atoms with van der Waals surface area (Å²) < 4.78 is 1.69. The van der Waals surface area contributed by atoms with Gasteiger partial charge in [-0.2, -0.15) is 5.10 Å². The molecule has 1 aliphatic carbocycles. The van der Waals surface area contributed by atoms with Gasteiger partial charge in [-0.25, -0.2) is 0 Å². The maximum absolute atomic E-state index is 12.8. The zero-order chi connectivity index (χ0) is 14.8. The highest BCUT2D eigenvalue weighted by Crippen LogP contribution is 2.31. The Hall–Kier alpha value is -0.910. The lowest BCUT2D eigenvalue weighted by Gasteiger charge is -2.32. The highest BCUT2D eigenvalue weighted by Gasteiger charge is 2.38. The minimum absolute atomic E-state index is 0.0570. The number of carbonyl (C=O) groups excluding carboxylic acids is 1. The highest BCUT2D eigenvalue weighted by atomic mass is 35.5. The lowest BCUT2D eigenvalue weighted by molar-refractivity contribution is 0.0835. The fraction of sp³-hybridized carbons (Fsp3) is 0.714. The summed E-state index contributed by atoms with van der Waals surface area (Å²) in [5.41, 5.74) is 6.03. The molecule has 6 heteroatoms. The van der Waals surface area contributed by atoms with Gasteiger partial charge in [-0.1, -0.05) is 30.9 Å². The summed E-state index contributed by atoms with van der Waals surface area (Å²) in [4.78, 5) is 14.8. The molecule has 0 radical (unpaired) electrons. The van der Waals surface area contributed by atoms with E-state index in [4.69, 9.17) is 17.3 Å². The average molecular weight is 299 g/mol. The number of halogens is 1. The van der Waals surface area contributed by atoms with Crippen molar-refractivity contribution < 1.29 is 4.79 Å². The van der Waals surface area contributed by atoms with Crippen LogP contribution in [0.1, 0.15) is 42.6 Å². The Morgan fingerprint density at radius 3 is 2.70 bits per heavy atom. The van der Waals surface area contributed by atoms with Gasteiger partial charge >= 0.3 is 0 Å². The van der Waals surface area contributed by atoms with Crippen molar-refractivity contribution in [2.45, 2.75) is 44.2 Å². The van der Waals surface area contributed by atoms with Crippen molar-refractivity contribution in [3.8, 4) is 0 Å². The molecule has 1 aromatic heterocycles. The predicted octanol–water partition coefficient (Wildman–Crippen LogP) is 1.94. The Morgan fingerprint density at radius 1 is 1.45 bits per heavy atom. The summed E-state index contributed by atoms with van der Waals surface area (Å²) in [6, 6.07) is 0. The van der Waals surface area contributed by atoms with Crippen molar-refractivity contribution in [1.82, 2.24) is 14.7 Å². The lowest BCUT2D eigenvalue weighted by Crippen LogP contribution is -2.50. The summed E-state index contributed by atoms with van der Waals surface area (Å²) in [5.74, 6) is -0.0570. The van der Waals surface area contributed by atoms with Gasteiger partial charge in [0.15, 0.2) is 0 Å². The van der Waals surface area contributed by atoms with Crippen molar-refractivity contribution in [2.24, 2.45) is 5.73 Å². The number of aromatic nitrogens is 2. The van der Waals surface area contributed by atoms with E-state index < -0.39 is 5.54 Å². The zero-order valence-electron chi connectivity index (χ0n) is 12.2. The van der Waals surface area contributed by atoms with E-state index >= 15 is 0 Å². The van der Waals surface area contributed by atoms with E-state index in [0.29, 0.717) is 17.3 Å². The largest absolute Gasteiger partial charge is 0.319 e. The Balaban J connectivity index is 2.22. The van der Waals surface area contributed by atoms with Crippen molar-refractivity contribution in [1.29, 1.82) is 0 Å². The van der Waals surface area contributed by atoms with Crippen LogP contribution in [0.3, 0.4) is 0 Å². The average Bonchev–Trinajstić information content (AvgIpc) is 2.77. The number of nitrogens with zero attached hydrogens (tertiary/aromatic N) is 3. The molecule has 1 aliphatic rings. The number of ketones is 1. The second-order valence-corrected chi connectivity index (χ2v) is 6.32. The molecule has 20 heavy (non-hydrogen) atoms. The Kier molecular flexibility index (Phi) is 4.83. The predicted molar refractivity (Wildman–Crippen MR) is 80.1 cm³/mol. The molecule has 2 rings (SSSR count). The topological polar surface area (TPSA) is 64.2 Å². The van der Waals surface area contributed by atoms with Gasteiger partial charge in [0.2, 0.25) is 5.78 Å². The van der Waals surface area contributed by atoms with E-state index in [1.807, 2.05) is 19.0 Å². The standard InChI is InChI=1S/C14H23ClN4O/c1-18(2)8-9-19-12(11(15)10-17-19)13(20)14(16)6-4-3-5-7-14/h10H,3-9,16H2,1-2H3. The van der Waals surface area contributed by atoms with Gasteiger partial charge in [0.05, 0.1) is 23.3 Å². The summed E-state index contributed by atoms with van der Waals surface area (Å²) in [6.45, 7) is 1.44. The van der Waals surface area contributed by atoms with Crippen LogP contribution in [-0.4, -0.2) is 46.6 Å². The van der Waals surface area contributed by atoms with E-state index in [2.05, 4.69) is 5.10 Å². The number of carbonyl (C=O) groups is 1. The molecule has 1 fully saturated rings. The second-order valence-electron chi connectivity index (χ2n) is 5.91. The summed E-state index contributed by atoms with van der Waals surface area (Å²) >= 11 is 6.16. The third-order valence-electron chi connectivity index (χ3n) is 3.97. The van der Waals surface area contributed by atoms with Crippen molar-refractivity contribution in [3.63, 3.8) is 0 Å². The van der Waals surface area contributed by atoms with Crippen LogP contribution in [0.25, 0.3) is 0 Å². The maximum atomic E-state index is 12.8. The number of hydrogen-bond donors (Lipinski definition) is 1. The summed E-state index contributed by atoms with van der Waals surface area (Å²) in [5, 5.41) is 4.62. The molecule has 2 N–H and O–H groups in total. The summed E-state index contributed by atoms with van der Waals surface area (Å²) in [6.07, 6.45) is 6.18. The molecule has 0 bridgehead atoms. The number of likely N-dealkylation sites (N-methyl/N-ethyl adjacent to an activating group) is 1. The quantitative estimate of drug-likeness (QED) is 0.844. The molecule has 0 saturated heterocycles. The first-order chi connectivity index (χ1) is 9.44. The lowest BCUT2D eigenvalue weighted by atomic mass is 9.78. The van der Waals surface area contributed by atoms with Crippen LogP contribution < -0.4 is 5.73 Å². The SMILES string of the molecule is CN(C)CCn1ncc(Cl)c1C(=O)C1(N)CCCCC1. The molecule has 0 unspecified atom stereocenters. The molecule has 0 spiro atoms. The second kappa shape index (κ2) is 6.24. The molecule has 112 valence electrons. The number of Topliss-reactive ketones (excluding diaryl/α,β-unsaturated/α-hetero) is 1. The van der Waals surface area contributed by atoms with E-state index in [1.165, 1.54) is 6.20 Å². The molecule has 1 aromatic rings. The van der Waals surface area contributed by atoms with Crippen LogP contribution >= 0.6 is 11.6 Å². The van der Waals surface area contributed by atoms with Crippen LogP contribution in [0.5, 0.6) is 0 Å². The third kappa shape index (κ3) is 3.22. The van der Waals surface area contributed by atoms with E-state index in [9.17, 15) is 4.79 Å². The van der Waals surface area contributed by atoms with Gasteiger partial charge in [-0.05, 0) is 26.9 Å². The normalized spacial score (nSPS) is 18.4. The Morgan fingerprint density at radius 2 is 2.10 bits per heavy atom. The molecule has 0 aromatic carbocycles. The van der Waals surface area contributed by atoms with Crippen LogP contribution in [0.4, 0.5) is 0 Å². The smallest absolute Gasteiger partial charge is 0.202 e. The molecule has 5 nitrogen and oxygen atoms in total. The molecule has 1 heterocycles. The Labute approximate surface area is 125 Å². The number of hydrogen-bond acceptors (Lipinski definition) is 4. The first kappa shape index (κ1) is 15.5. The van der Waals surface area contributed by atoms with Gasteiger partial charge < -0.3 is 10.6 Å². The van der Waals surface area contributed by atoms with Crippen molar-refractivity contribution >= 4 is 17.4 Å². The minimum Gasteiger partial charge on any atom is -0.319 e. The first-order valence-corrected chi connectivity index (χ1v) is 7.51.